The van der Waals surface area contributed by atoms with Gasteiger partial charge in [-0.3, -0.25) is 4.79 Å². The van der Waals surface area contributed by atoms with E-state index in [-0.39, 0.29) is 6.42 Å². The predicted molar refractivity (Wildman–Crippen MR) is 135 cm³/mol. The van der Waals surface area contributed by atoms with Gasteiger partial charge >= 0.3 is 5.97 Å². The van der Waals surface area contributed by atoms with E-state index in [9.17, 15) is 4.79 Å². The minimum atomic E-state index is -0.879. The molecule has 0 spiro atoms. The summed E-state index contributed by atoms with van der Waals surface area (Å²) in [7, 11) is 0. The molecule has 2 N–H and O–H groups in total. The second-order valence-electron chi connectivity index (χ2n) is 8.08. The van der Waals surface area contributed by atoms with Crippen LogP contribution in [0.2, 0.25) is 5.02 Å². The number of carboxylic acids is 1. The smallest absolute Gasteiger partial charge is 0.307 e. The minimum absolute atomic E-state index is 0.0453. The molecule has 0 unspecified atom stereocenters. The molecule has 0 aliphatic heterocycles. The van der Waals surface area contributed by atoms with Gasteiger partial charge in [0, 0.05) is 17.7 Å². The number of carbonyl (C=O) groups is 1. The molecule has 176 valence electrons. The zero-order valence-electron chi connectivity index (χ0n) is 19.0. The molecule has 1 aromatic heterocycles. The standard InChI is InChI=1S/C27H27ClN2O4/c1-2-7-20-24(13-11-21-26(30-34-27(20)21)19-8-4-3-5-9-19)33-15-6-14-29-23-12-10-18(16-22(23)28)17-25(31)32/h3-5,8-13,16,29H,2,6-7,14-15,17H2,1H3,(H,31,32). The number of aromatic nitrogens is 1. The van der Waals surface area contributed by atoms with Crippen molar-refractivity contribution in [2.45, 2.75) is 32.6 Å². The summed E-state index contributed by atoms with van der Waals surface area (Å²) < 4.78 is 11.9. The number of hydrogen-bond acceptors (Lipinski definition) is 5. The van der Waals surface area contributed by atoms with Gasteiger partial charge < -0.3 is 19.7 Å². The predicted octanol–water partition coefficient (Wildman–Crippen LogP) is 6.61. The third-order valence-corrected chi connectivity index (χ3v) is 5.84. The second-order valence-corrected chi connectivity index (χ2v) is 8.49. The first-order valence-corrected chi connectivity index (χ1v) is 11.8. The average molecular weight is 479 g/mol. The number of rotatable bonds is 11. The highest BCUT2D eigenvalue weighted by molar-refractivity contribution is 6.33. The molecule has 0 amide bonds. The lowest BCUT2D eigenvalue weighted by molar-refractivity contribution is -0.136. The molecule has 7 heteroatoms. The molecule has 3 aromatic carbocycles. The Morgan fingerprint density at radius 3 is 2.71 bits per heavy atom. The molecule has 0 aliphatic carbocycles. The summed E-state index contributed by atoms with van der Waals surface area (Å²) in [5, 5.41) is 18.0. The first kappa shape index (κ1) is 23.6. The van der Waals surface area contributed by atoms with Gasteiger partial charge in [-0.05, 0) is 42.7 Å². The Hall–Kier alpha value is -3.51. The maximum atomic E-state index is 10.8. The van der Waals surface area contributed by atoms with Crippen molar-refractivity contribution in [3.8, 4) is 17.0 Å². The van der Waals surface area contributed by atoms with Gasteiger partial charge in [-0.25, -0.2) is 0 Å². The van der Waals surface area contributed by atoms with E-state index in [0.717, 1.165) is 58.5 Å². The summed E-state index contributed by atoms with van der Waals surface area (Å²) >= 11 is 6.28. The van der Waals surface area contributed by atoms with Crippen LogP contribution in [-0.4, -0.2) is 29.4 Å². The Morgan fingerprint density at radius 2 is 1.97 bits per heavy atom. The van der Waals surface area contributed by atoms with Crippen LogP contribution < -0.4 is 10.1 Å². The number of nitrogens with one attached hydrogen (secondary N) is 1. The number of carboxylic acid groups (broad SMARTS) is 1. The van der Waals surface area contributed by atoms with Crippen molar-refractivity contribution >= 4 is 34.2 Å². The van der Waals surface area contributed by atoms with Crippen LogP contribution in [-0.2, 0) is 17.6 Å². The van der Waals surface area contributed by atoms with Crippen LogP contribution in [0.3, 0.4) is 0 Å². The third kappa shape index (κ3) is 5.51. The summed E-state index contributed by atoms with van der Waals surface area (Å²) in [5.74, 6) is -0.0580. The van der Waals surface area contributed by atoms with Crippen molar-refractivity contribution in [1.29, 1.82) is 0 Å². The zero-order chi connectivity index (χ0) is 23.9. The molecule has 0 aliphatic rings. The number of ether oxygens (including phenoxy) is 1. The summed E-state index contributed by atoms with van der Waals surface area (Å²) in [6.45, 7) is 3.33. The number of nitrogens with zero attached hydrogens (tertiary/aromatic N) is 1. The van der Waals surface area contributed by atoms with Crippen LogP contribution in [0.1, 0.15) is 30.9 Å². The highest BCUT2D eigenvalue weighted by Crippen LogP contribution is 2.35. The SMILES string of the molecule is CCCc1c(OCCCNc2ccc(CC(=O)O)cc2Cl)ccc2c(-c3ccccc3)noc12. The average Bonchev–Trinajstić information content (AvgIpc) is 3.26. The van der Waals surface area contributed by atoms with E-state index >= 15 is 0 Å². The molecular weight excluding hydrogens is 452 g/mol. The van der Waals surface area contributed by atoms with Gasteiger partial charge in [-0.1, -0.05) is 66.5 Å². The largest absolute Gasteiger partial charge is 0.493 e. The lowest BCUT2D eigenvalue weighted by atomic mass is 10.0. The minimum Gasteiger partial charge on any atom is -0.493 e. The van der Waals surface area contributed by atoms with Gasteiger partial charge in [0.05, 0.1) is 29.1 Å². The molecule has 34 heavy (non-hydrogen) atoms. The molecule has 0 radical (unpaired) electrons. The lowest BCUT2D eigenvalue weighted by Gasteiger charge is -2.13. The molecule has 1 heterocycles. The van der Waals surface area contributed by atoms with Gasteiger partial charge in [0.15, 0.2) is 5.58 Å². The highest BCUT2D eigenvalue weighted by Gasteiger charge is 2.17. The fourth-order valence-corrected chi connectivity index (χ4v) is 4.20. The van der Waals surface area contributed by atoms with Gasteiger partial charge in [-0.15, -0.1) is 0 Å². The van der Waals surface area contributed by atoms with Crippen molar-refractivity contribution in [2.75, 3.05) is 18.5 Å². The van der Waals surface area contributed by atoms with E-state index in [4.69, 9.17) is 26.0 Å². The maximum absolute atomic E-state index is 10.8. The van der Waals surface area contributed by atoms with E-state index in [1.54, 1.807) is 12.1 Å². The number of halogens is 1. The van der Waals surface area contributed by atoms with Crippen molar-refractivity contribution in [3.05, 3.63) is 76.8 Å². The number of benzene rings is 3. The second kappa shape index (κ2) is 11.1. The summed E-state index contributed by atoms with van der Waals surface area (Å²) in [4.78, 5) is 10.8. The number of aliphatic carboxylic acids is 1. The first-order chi connectivity index (χ1) is 16.6. The molecule has 0 fully saturated rings. The highest BCUT2D eigenvalue weighted by atomic mass is 35.5. The van der Waals surface area contributed by atoms with E-state index in [0.29, 0.717) is 23.7 Å². The molecule has 0 saturated heterocycles. The summed E-state index contributed by atoms with van der Waals surface area (Å²) in [5.41, 5.74) is 5.14. The molecule has 4 rings (SSSR count). The Bertz CT molecular complexity index is 1270. The molecule has 0 saturated carbocycles. The summed E-state index contributed by atoms with van der Waals surface area (Å²) in [6.07, 6.45) is 2.53. The van der Waals surface area contributed by atoms with E-state index in [2.05, 4.69) is 17.4 Å². The topological polar surface area (TPSA) is 84.6 Å². The molecular formula is C27H27ClN2O4. The van der Waals surface area contributed by atoms with Crippen molar-refractivity contribution in [2.24, 2.45) is 0 Å². The molecule has 6 nitrogen and oxygen atoms in total. The zero-order valence-corrected chi connectivity index (χ0v) is 19.8. The Balaban J connectivity index is 1.39. The Kier molecular flexibility index (Phi) is 7.70. The van der Waals surface area contributed by atoms with Gasteiger partial charge in [0.1, 0.15) is 11.4 Å². The van der Waals surface area contributed by atoms with E-state index in [1.165, 1.54) is 0 Å². The lowest BCUT2D eigenvalue weighted by Crippen LogP contribution is -2.09. The first-order valence-electron chi connectivity index (χ1n) is 11.4. The number of hydrogen-bond donors (Lipinski definition) is 2. The van der Waals surface area contributed by atoms with Crippen LogP contribution >= 0.6 is 11.6 Å². The molecule has 4 aromatic rings. The van der Waals surface area contributed by atoms with Crippen LogP contribution in [0.15, 0.2) is 65.2 Å². The maximum Gasteiger partial charge on any atom is 0.307 e. The quantitative estimate of drug-likeness (QED) is 0.236. The van der Waals surface area contributed by atoms with Crippen molar-refractivity contribution < 1.29 is 19.2 Å². The number of fused-ring (bicyclic) bond motifs is 1. The normalized spacial score (nSPS) is 11.0. The van der Waals surface area contributed by atoms with Gasteiger partial charge in [0.2, 0.25) is 0 Å². The van der Waals surface area contributed by atoms with Crippen molar-refractivity contribution in [3.63, 3.8) is 0 Å². The van der Waals surface area contributed by atoms with Crippen LogP contribution in [0.5, 0.6) is 5.75 Å². The van der Waals surface area contributed by atoms with Crippen LogP contribution in [0.25, 0.3) is 22.2 Å². The monoisotopic (exact) mass is 478 g/mol. The molecule has 0 atom stereocenters. The van der Waals surface area contributed by atoms with Crippen LogP contribution in [0.4, 0.5) is 5.69 Å². The van der Waals surface area contributed by atoms with E-state index in [1.807, 2.05) is 48.5 Å². The van der Waals surface area contributed by atoms with Gasteiger partial charge in [-0.2, -0.15) is 0 Å². The molecule has 0 bridgehead atoms. The fraction of sp³-hybridized carbons (Fsp3) is 0.259. The van der Waals surface area contributed by atoms with E-state index < -0.39 is 5.97 Å². The Morgan fingerprint density at radius 1 is 1.15 bits per heavy atom. The Labute approximate surface area is 203 Å². The third-order valence-electron chi connectivity index (χ3n) is 5.53. The number of anilines is 1. The number of aryl methyl sites for hydroxylation is 1. The van der Waals surface area contributed by atoms with Crippen molar-refractivity contribution in [1.82, 2.24) is 5.16 Å². The fourth-order valence-electron chi connectivity index (χ4n) is 3.93. The van der Waals surface area contributed by atoms with Gasteiger partial charge in [0.25, 0.3) is 0 Å². The summed E-state index contributed by atoms with van der Waals surface area (Å²) in [6, 6.07) is 19.3. The van der Waals surface area contributed by atoms with Crippen LogP contribution in [0, 0.1) is 0 Å².